The maximum Gasteiger partial charge on any atom is 0.238 e. The van der Waals surface area contributed by atoms with Crippen LogP contribution in [-0.2, 0) is 4.79 Å². The van der Waals surface area contributed by atoms with Gasteiger partial charge in [0.05, 0.1) is 17.3 Å². The van der Waals surface area contributed by atoms with E-state index < -0.39 is 0 Å². The van der Waals surface area contributed by atoms with Gasteiger partial charge in [-0.25, -0.2) is 0 Å². The third kappa shape index (κ3) is 3.23. The van der Waals surface area contributed by atoms with Crippen LogP contribution in [0.4, 0.5) is 5.69 Å². The predicted molar refractivity (Wildman–Crippen MR) is 85.8 cm³/mol. The summed E-state index contributed by atoms with van der Waals surface area (Å²) in [6.07, 6.45) is 0. The van der Waals surface area contributed by atoms with E-state index in [2.05, 4.69) is 15.5 Å². The number of fused-ring (bicyclic) bond motifs is 1. The molecule has 2 fully saturated rings. The van der Waals surface area contributed by atoms with E-state index in [0.717, 1.165) is 43.0 Å². The molecule has 3 rings (SSSR count). The van der Waals surface area contributed by atoms with Crippen molar-refractivity contribution >= 4 is 23.2 Å². The Bertz CT molecular complexity index is 525. The number of hydrogen-bond donors (Lipinski definition) is 2. The molecule has 0 spiro atoms. The van der Waals surface area contributed by atoms with Gasteiger partial charge in [0.25, 0.3) is 0 Å². The lowest BCUT2D eigenvalue weighted by molar-refractivity contribution is -0.117. The van der Waals surface area contributed by atoms with Crippen molar-refractivity contribution in [3.8, 4) is 0 Å². The largest absolute Gasteiger partial charge is 0.323 e. The third-order valence-electron chi connectivity index (χ3n) is 4.53. The summed E-state index contributed by atoms with van der Waals surface area (Å²) in [4.78, 5) is 14.5. The number of hydrogen-bond acceptors (Lipinski definition) is 3. The van der Waals surface area contributed by atoms with Gasteiger partial charge in [0, 0.05) is 13.1 Å². The van der Waals surface area contributed by atoms with E-state index in [9.17, 15) is 4.79 Å². The molecule has 2 heterocycles. The fourth-order valence-corrected chi connectivity index (χ4v) is 3.91. The number of rotatable bonds is 3. The zero-order valence-corrected chi connectivity index (χ0v) is 13.3. The number of likely N-dealkylation sites (tertiary alicyclic amines) is 1. The van der Waals surface area contributed by atoms with E-state index in [1.807, 2.05) is 26.0 Å². The minimum absolute atomic E-state index is 0.0248. The average molecular weight is 308 g/mol. The highest BCUT2D eigenvalue weighted by molar-refractivity contribution is 6.34. The molecule has 1 aromatic carbocycles. The average Bonchev–Trinajstić information content (AvgIpc) is 2.94. The molecule has 21 heavy (non-hydrogen) atoms. The van der Waals surface area contributed by atoms with Crippen molar-refractivity contribution in [2.75, 3.05) is 38.0 Å². The minimum atomic E-state index is 0.0248. The number of nitrogens with one attached hydrogen (secondary N) is 2. The third-order valence-corrected chi connectivity index (χ3v) is 4.83. The van der Waals surface area contributed by atoms with Crippen LogP contribution in [0.3, 0.4) is 0 Å². The monoisotopic (exact) mass is 307 g/mol. The first kappa shape index (κ1) is 14.8. The van der Waals surface area contributed by atoms with E-state index in [1.54, 1.807) is 0 Å². The molecule has 1 amide bonds. The smallest absolute Gasteiger partial charge is 0.238 e. The lowest BCUT2D eigenvalue weighted by Crippen LogP contribution is -2.34. The molecule has 4 nitrogen and oxygen atoms in total. The fourth-order valence-electron chi connectivity index (χ4n) is 3.54. The molecule has 2 aliphatic heterocycles. The van der Waals surface area contributed by atoms with E-state index >= 15 is 0 Å². The summed E-state index contributed by atoms with van der Waals surface area (Å²) in [5.41, 5.74) is 2.86. The predicted octanol–water partition coefficient (Wildman–Crippen LogP) is 2.05. The molecule has 0 aromatic heterocycles. The summed E-state index contributed by atoms with van der Waals surface area (Å²) in [6.45, 7) is 8.65. The molecule has 2 saturated heterocycles. The van der Waals surface area contributed by atoms with Crippen molar-refractivity contribution in [2.45, 2.75) is 13.8 Å². The van der Waals surface area contributed by atoms with Crippen molar-refractivity contribution in [2.24, 2.45) is 11.8 Å². The lowest BCUT2D eigenvalue weighted by atomic mass is 10.0. The zero-order valence-electron chi connectivity index (χ0n) is 12.6. The van der Waals surface area contributed by atoms with Crippen LogP contribution in [0.1, 0.15) is 11.1 Å². The summed E-state index contributed by atoms with van der Waals surface area (Å²) in [5, 5.41) is 7.00. The van der Waals surface area contributed by atoms with Crippen LogP contribution in [0.2, 0.25) is 5.02 Å². The van der Waals surface area contributed by atoms with Gasteiger partial charge in [0.1, 0.15) is 0 Å². The van der Waals surface area contributed by atoms with Gasteiger partial charge in [-0.05, 0) is 56.0 Å². The summed E-state index contributed by atoms with van der Waals surface area (Å²) in [7, 11) is 0. The van der Waals surface area contributed by atoms with Crippen molar-refractivity contribution in [1.29, 1.82) is 0 Å². The van der Waals surface area contributed by atoms with Crippen molar-refractivity contribution in [3.05, 3.63) is 28.3 Å². The number of nitrogens with zero attached hydrogens (tertiary/aromatic N) is 1. The Labute approximate surface area is 130 Å². The summed E-state index contributed by atoms with van der Waals surface area (Å²) in [6, 6.07) is 3.92. The van der Waals surface area contributed by atoms with Gasteiger partial charge in [-0.2, -0.15) is 0 Å². The molecule has 2 atom stereocenters. The Morgan fingerprint density at radius 1 is 1.33 bits per heavy atom. The van der Waals surface area contributed by atoms with E-state index in [0.29, 0.717) is 23.4 Å². The molecule has 0 unspecified atom stereocenters. The Morgan fingerprint density at radius 2 is 2.00 bits per heavy atom. The van der Waals surface area contributed by atoms with Crippen molar-refractivity contribution in [1.82, 2.24) is 10.2 Å². The van der Waals surface area contributed by atoms with Crippen LogP contribution in [0.25, 0.3) is 0 Å². The topological polar surface area (TPSA) is 44.4 Å². The van der Waals surface area contributed by atoms with Crippen LogP contribution in [0, 0.1) is 25.7 Å². The second kappa shape index (κ2) is 5.95. The number of aryl methyl sites for hydroxylation is 2. The molecule has 5 heteroatoms. The van der Waals surface area contributed by atoms with E-state index in [-0.39, 0.29) is 5.91 Å². The number of carbonyl (C=O) groups excluding carboxylic acids is 1. The second-order valence-corrected chi connectivity index (χ2v) is 6.77. The summed E-state index contributed by atoms with van der Waals surface area (Å²) in [5.74, 6) is 1.45. The van der Waals surface area contributed by atoms with Crippen molar-refractivity contribution in [3.63, 3.8) is 0 Å². The standard InChI is InChI=1S/C16H22ClN3O/c1-10-3-11(2)16(14(17)4-10)19-15(21)9-20-7-12-5-18-6-13(12)8-20/h3-4,12-13,18H,5-9H2,1-2H3,(H,19,21)/t12-,13+. The number of anilines is 1. The fraction of sp³-hybridized carbons (Fsp3) is 0.562. The first-order valence-corrected chi connectivity index (χ1v) is 7.90. The number of amides is 1. The minimum Gasteiger partial charge on any atom is -0.323 e. The highest BCUT2D eigenvalue weighted by atomic mass is 35.5. The molecule has 2 aliphatic rings. The van der Waals surface area contributed by atoms with Crippen LogP contribution >= 0.6 is 11.6 Å². The normalized spacial score (nSPS) is 25.1. The van der Waals surface area contributed by atoms with Gasteiger partial charge in [-0.3, -0.25) is 9.69 Å². The first-order chi connectivity index (χ1) is 10.0. The highest BCUT2D eigenvalue weighted by Gasteiger charge is 2.36. The molecule has 0 radical (unpaired) electrons. The summed E-state index contributed by atoms with van der Waals surface area (Å²) >= 11 is 6.24. The van der Waals surface area contributed by atoms with E-state index in [1.165, 1.54) is 0 Å². The quantitative estimate of drug-likeness (QED) is 0.898. The number of halogens is 1. The second-order valence-electron chi connectivity index (χ2n) is 6.36. The Hall–Kier alpha value is -1.10. The maximum atomic E-state index is 12.3. The maximum absolute atomic E-state index is 12.3. The van der Waals surface area contributed by atoms with Gasteiger partial charge in [-0.1, -0.05) is 17.7 Å². The van der Waals surface area contributed by atoms with Gasteiger partial charge >= 0.3 is 0 Å². The van der Waals surface area contributed by atoms with Crippen LogP contribution in [-0.4, -0.2) is 43.5 Å². The van der Waals surface area contributed by atoms with E-state index in [4.69, 9.17) is 11.6 Å². The lowest BCUT2D eigenvalue weighted by Gasteiger charge is -2.17. The molecule has 114 valence electrons. The Morgan fingerprint density at radius 3 is 2.62 bits per heavy atom. The van der Waals surface area contributed by atoms with Crippen LogP contribution in [0.15, 0.2) is 12.1 Å². The molecule has 1 aromatic rings. The SMILES string of the molecule is Cc1cc(C)c(NC(=O)CN2C[C@H]3CNC[C@H]3C2)c(Cl)c1. The molecular formula is C16H22ClN3O. The number of benzene rings is 1. The molecule has 0 bridgehead atoms. The molecular weight excluding hydrogens is 286 g/mol. The molecule has 0 saturated carbocycles. The summed E-state index contributed by atoms with van der Waals surface area (Å²) < 4.78 is 0. The van der Waals surface area contributed by atoms with Gasteiger partial charge in [-0.15, -0.1) is 0 Å². The van der Waals surface area contributed by atoms with Gasteiger partial charge in [0.2, 0.25) is 5.91 Å². The van der Waals surface area contributed by atoms with Gasteiger partial charge < -0.3 is 10.6 Å². The Balaban J connectivity index is 1.60. The molecule has 2 N–H and O–H groups in total. The van der Waals surface area contributed by atoms with Crippen LogP contribution in [0.5, 0.6) is 0 Å². The van der Waals surface area contributed by atoms with Crippen molar-refractivity contribution < 1.29 is 4.79 Å². The first-order valence-electron chi connectivity index (χ1n) is 7.52. The zero-order chi connectivity index (χ0) is 15.0. The molecule has 0 aliphatic carbocycles. The highest BCUT2D eigenvalue weighted by Crippen LogP contribution is 2.28. The van der Waals surface area contributed by atoms with Crippen LogP contribution < -0.4 is 10.6 Å². The van der Waals surface area contributed by atoms with Gasteiger partial charge in [0.15, 0.2) is 0 Å². The Kier molecular flexibility index (Phi) is 4.20. The number of carbonyl (C=O) groups is 1.